The second-order valence-electron chi connectivity index (χ2n) is 25.6. The Kier molecular flexibility index (Phi) is 61.3. The molecular formula is C71H140N2O6P+. The number of likely N-dealkylation sites (N-methyl/N-ethyl adjacent to an activating group) is 1. The first-order valence-electron chi connectivity index (χ1n) is 35.4. The van der Waals surface area contributed by atoms with Crippen LogP contribution in [0.4, 0.5) is 0 Å². The highest BCUT2D eigenvalue weighted by atomic mass is 31.2. The van der Waals surface area contributed by atoms with E-state index < -0.39 is 20.0 Å². The Bertz CT molecular complexity index is 1400. The molecule has 8 nitrogen and oxygen atoms in total. The molecule has 0 heterocycles. The first kappa shape index (κ1) is 78.7. The van der Waals surface area contributed by atoms with Gasteiger partial charge in [0.15, 0.2) is 0 Å². The Morgan fingerprint density at radius 1 is 0.425 bits per heavy atom. The first-order chi connectivity index (χ1) is 39.0. The van der Waals surface area contributed by atoms with E-state index in [2.05, 4.69) is 43.5 Å². The van der Waals surface area contributed by atoms with Crippen LogP contribution in [0.5, 0.6) is 0 Å². The molecule has 474 valence electrons. The third-order valence-electron chi connectivity index (χ3n) is 16.4. The van der Waals surface area contributed by atoms with Crippen molar-refractivity contribution in [2.24, 2.45) is 0 Å². The van der Waals surface area contributed by atoms with Crippen molar-refractivity contribution in [3.05, 3.63) is 36.5 Å². The molecule has 3 atom stereocenters. The lowest BCUT2D eigenvalue weighted by Crippen LogP contribution is -2.45. The van der Waals surface area contributed by atoms with E-state index in [0.717, 1.165) is 38.5 Å². The number of rotatable bonds is 66. The Morgan fingerprint density at radius 2 is 0.713 bits per heavy atom. The number of carbonyl (C=O) groups is 1. The predicted octanol–water partition coefficient (Wildman–Crippen LogP) is 22.4. The summed E-state index contributed by atoms with van der Waals surface area (Å²) >= 11 is 0. The average molecular weight is 1150 g/mol. The fourth-order valence-corrected chi connectivity index (χ4v) is 11.6. The predicted molar refractivity (Wildman–Crippen MR) is 351 cm³/mol. The molecule has 0 saturated carbocycles. The summed E-state index contributed by atoms with van der Waals surface area (Å²) < 4.78 is 23.8. The van der Waals surface area contributed by atoms with Crippen LogP contribution < -0.4 is 5.32 Å². The summed E-state index contributed by atoms with van der Waals surface area (Å²) in [6.07, 6.45) is 83.1. The normalized spacial score (nSPS) is 13.8. The lowest BCUT2D eigenvalue weighted by atomic mass is 10.0. The zero-order chi connectivity index (χ0) is 58.4. The standard InChI is InChI=1S/C71H139N2O6P/c1-6-8-10-12-14-16-18-20-22-24-25-26-27-28-29-30-31-32-33-34-35-36-37-38-39-40-41-42-43-44-45-46-47-49-51-53-55-57-59-61-63-65-71(75)72-69(68-79-80(76,77)78-67-66-73(3,4)5)70(74)64-62-60-58-56-54-52-50-48-23-21-19-17-15-13-11-9-7-2/h18,20,24-25,62,64,69-70,74H,6-17,19,21-23,26-61,63,65-68H2,1-5H3,(H-,72,75,76,77)/p+1/b20-18-,25-24-,64-62+. The number of phosphoric ester groups is 1. The quantitative estimate of drug-likeness (QED) is 0.0243. The lowest BCUT2D eigenvalue weighted by Gasteiger charge is -2.25. The second-order valence-corrected chi connectivity index (χ2v) is 27.1. The van der Waals surface area contributed by atoms with Crippen LogP contribution in [0, 0.1) is 0 Å². The highest BCUT2D eigenvalue weighted by Gasteiger charge is 2.28. The van der Waals surface area contributed by atoms with Crippen LogP contribution in [0.25, 0.3) is 0 Å². The molecule has 0 rings (SSSR count). The molecular weight excluding hydrogens is 1010 g/mol. The smallest absolute Gasteiger partial charge is 0.387 e. The fraction of sp³-hybridized carbons (Fsp3) is 0.901. The van der Waals surface area contributed by atoms with Gasteiger partial charge in [0.05, 0.1) is 39.9 Å². The van der Waals surface area contributed by atoms with Gasteiger partial charge in [-0.1, -0.05) is 339 Å². The Labute approximate surface area is 499 Å². The van der Waals surface area contributed by atoms with E-state index in [4.69, 9.17) is 9.05 Å². The highest BCUT2D eigenvalue weighted by Crippen LogP contribution is 2.43. The third kappa shape index (κ3) is 64.3. The number of hydrogen-bond acceptors (Lipinski definition) is 5. The number of carbonyl (C=O) groups excluding carboxylic acids is 1. The summed E-state index contributed by atoms with van der Waals surface area (Å²) in [5.41, 5.74) is 0. The van der Waals surface area contributed by atoms with Crippen LogP contribution in [0.1, 0.15) is 361 Å². The van der Waals surface area contributed by atoms with Gasteiger partial charge in [-0.15, -0.1) is 0 Å². The van der Waals surface area contributed by atoms with Gasteiger partial charge >= 0.3 is 7.82 Å². The molecule has 0 radical (unpaired) electrons. The zero-order valence-corrected chi connectivity index (χ0v) is 55.2. The Hall–Kier alpha value is -1.28. The molecule has 80 heavy (non-hydrogen) atoms. The molecule has 0 aliphatic heterocycles. The molecule has 0 aromatic heterocycles. The number of amides is 1. The maximum Gasteiger partial charge on any atom is 0.472 e. The first-order valence-corrected chi connectivity index (χ1v) is 36.9. The van der Waals surface area contributed by atoms with Crippen molar-refractivity contribution in [1.82, 2.24) is 5.32 Å². The number of quaternary nitrogens is 1. The van der Waals surface area contributed by atoms with E-state index in [1.165, 1.54) is 302 Å². The van der Waals surface area contributed by atoms with Gasteiger partial charge in [-0.3, -0.25) is 13.8 Å². The van der Waals surface area contributed by atoms with Gasteiger partial charge < -0.3 is 19.8 Å². The molecule has 3 N–H and O–H groups in total. The van der Waals surface area contributed by atoms with E-state index in [9.17, 15) is 19.4 Å². The minimum Gasteiger partial charge on any atom is -0.387 e. The van der Waals surface area contributed by atoms with Crippen molar-refractivity contribution in [1.29, 1.82) is 0 Å². The third-order valence-corrected chi connectivity index (χ3v) is 17.3. The number of hydrogen-bond donors (Lipinski definition) is 3. The van der Waals surface area contributed by atoms with Crippen LogP contribution in [0.2, 0.25) is 0 Å². The number of phosphoric acid groups is 1. The lowest BCUT2D eigenvalue weighted by molar-refractivity contribution is -0.870. The van der Waals surface area contributed by atoms with Crippen molar-refractivity contribution in [3.8, 4) is 0 Å². The average Bonchev–Trinajstić information content (AvgIpc) is 3.42. The molecule has 1 amide bonds. The van der Waals surface area contributed by atoms with Gasteiger partial charge in [0.25, 0.3) is 0 Å². The van der Waals surface area contributed by atoms with Crippen molar-refractivity contribution in [2.45, 2.75) is 373 Å². The summed E-state index contributed by atoms with van der Waals surface area (Å²) in [5.74, 6) is -0.169. The summed E-state index contributed by atoms with van der Waals surface area (Å²) in [6.45, 7) is 4.85. The van der Waals surface area contributed by atoms with Gasteiger partial charge in [-0.05, 0) is 51.4 Å². The molecule has 0 aromatic carbocycles. The SMILES string of the molecule is CCCCCCC/C=C\C/C=C\CCCCCCCCCCCCCCCCCCCCCCCCCCCCCCCC(=O)NC(COP(=O)(O)OCC[N+](C)(C)C)C(O)/C=C/CCCCCCCCCCCCCCCCC. The molecule has 0 bridgehead atoms. The topological polar surface area (TPSA) is 105 Å². The number of aliphatic hydroxyl groups is 1. The summed E-state index contributed by atoms with van der Waals surface area (Å²) in [5, 5.41) is 14.0. The number of nitrogens with one attached hydrogen (secondary N) is 1. The van der Waals surface area contributed by atoms with E-state index >= 15 is 0 Å². The molecule has 3 unspecified atom stereocenters. The Morgan fingerprint density at radius 3 is 1.02 bits per heavy atom. The van der Waals surface area contributed by atoms with Crippen molar-refractivity contribution >= 4 is 13.7 Å². The molecule has 0 spiro atoms. The van der Waals surface area contributed by atoms with Crippen LogP contribution in [0.3, 0.4) is 0 Å². The maximum absolute atomic E-state index is 13.0. The number of allylic oxidation sites excluding steroid dienone is 5. The number of aliphatic hydroxyl groups excluding tert-OH is 1. The van der Waals surface area contributed by atoms with E-state index in [-0.39, 0.29) is 19.1 Å². The molecule has 0 aliphatic rings. The van der Waals surface area contributed by atoms with Crippen LogP contribution >= 0.6 is 7.82 Å². The summed E-state index contributed by atoms with van der Waals surface area (Å²) in [6, 6.07) is -0.844. The van der Waals surface area contributed by atoms with Crippen LogP contribution in [-0.2, 0) is 18.4 Å². The van der Waals surface area contributed by atoms with E-state index in [1.54, 1.807) is 6.08 Å². The largest absolute Gasteiger partial charge is 0.472 e. The van der Waals surface area contributed by atoms with Gasteiger partial charge in [0.2, 0.25) is 5.91 Å². The molecule has 0 saturated heterocycles. The van der Waals surface area contributed by atoms with E-state index in [0.29, 0.717) is 17.4 Å². The molecule has 0 aromatic rings. The zero-order valence-electron chi connectivity index (χ0n) is 54.3. The van der Waals surface area contributed by atoms with Gasteiger partial charge in [-0.25, -0.2) is 4.57 Å². The fourth-order valence-electron chi connectivity index (χ4n) is 10.8. The summed E-state index contributed by atoms with van der Waals surface area (Å²) in [4.78, 5) is 23.4. The Balaban J connectivity index is 3.86. The minimum atomic E-state index is -4.35. The molecule has 0 aliphatic carbocycles. The van der Waals surface area contributed by atoms with Gasteiger partial charge in [0, 0.05) is 6.42 Å². The minimum absolute atomic E-state index is 0.0642. The second kappa shape index (κ2) is 62.3. The summed E-state index contributed by atoms with van der Waals surface area (Å²) in [7, 11) is 1.59. The maximum atomic E-state index is 13.0. The molecule has 9 heteroatoms. The van der Waals surface area contributed by atoms with Crippen molar-refractivity contribution in [3.63, 3.8) is 0 Å². The highest BCUT2D eigenvalue weighted by molar-refractivity contribution is 7.47. The number of nitrogens with zero attached hydrogens (tertiary/aromatic N) is 1. The van der Waals surface area contributed by atoms with Gasteiger partial charge in [0.1, 0.15) is 13.2 Å². The number of unbranched alkanes of at least 4 members (excludes halogenated alkanes) is 49. The van der Waals surface area contributed by atoms with E-state index in [1.807, 2.05) is 27.2 Å². The van der Waals surface area contributed by atoms with Gasteiger partial charge in [-0.2, -0.15) is 0 Å². The van der Waals surface area contributed by atoms with Crippen LogP contribution in [0.15, 0.2) is 36.5 Å². The monoisotopic (exact) mass is 1150 g/mol. The van der Waals surface area contributed by atoms with Crippen LogP contribution in [-0.4, -0.2) is 73.4 Å². The molecule has 0 fully saturated rings. The van der Waals surface area contributed by atoms with Crippen molar-refractivity contribution < 1.29 is 32.9 Å². The van der Waals surface area contributed by atoms with Crippen molar-refractivity contribution in [2.75, 3.05) is 40.9 Å².